The Labute approximate surface area is 196 Å². The number of rotatable bonds is 3. The smallest absolute Gasteiger partial charge is 0.410 e. The maximum atomic E-state index is 13.2. The Morgan fingerprint density at radius 1 is 1.31 bits per heavy atom. The van der Waals surface area contributed by atoms with Crippen LogP contribution >= 0.6 is 15.9 Å². The average molecular weight is 512 g/mol. The molecule has 1 fully saturated rings. The third-order valence-corrected chi connectivity index (χ3v) is 6.06. The number of amides is 3. The van der Waals surface area contributed by atoms with Gasteiger partial charge in [-0.2, -0.15) is 0 Å². The molecule has 0 bridgehead atoms. The van der Waals surface area contributed by atoms with Gasteiger partial charge in [0.25, 0.3) is 5.91 Å². The van der Waals surface area contributed by atoms with Gasteiger partial charge in [-0.1, -0.05) is 15.9 Å². The van der Waals surface area contributed by atoms with Crippen molar-refractivity contribution in [3.8, 4) is 5.75 Å². The Kier molecular flexibility index (Phi) is 7.04. The second kappa shape index (κ2) is 9.27. The zero-order valence-corrected chi connectivity index (χ0v) is 20.6. The molecule has 0 radical (unpaired) electrons. The maximum absolute atomic E-state index is 13.2. The molecule has 0 saturated carbocycles. The van der Waals surface area contributed by atoms with Crippen LogP contribution < -0.4 is 15.4 Å². The van der Waals surface area contributed by atoms with E-state index in [1.165, 1.54) is 11.9 Å². The highest BCUT2D eigenvalue weighted by Gasteiger charge is 2.50. The van der Waals surface area contributed by atoms with E-state index < -0.39 is 35.3 Å². The fourth-order valence-electron chi connectivity index (χ4n) is 3.64. The van der Waals surface area contributed by atoms with Gasteiger partial charge in [0.05, 0.1) is 18.9 Å². The van der Waals surface area contributed by atoms with Crippen molar-refractivity contribution in [2.45, 2.75) is 63.8 Å². The van der Waals surface area contributed by atoms with E-state index in [9.17, 15) is 14.4 Å². The van der Waals surface area contributed by atoms with Crippen molar-refractivity contribution in [3.63, 3.8) is 0 Å². The number of anilines is 1. The van der Waals surface area contributed by atoms with Gasteiger partial charge in [-0.15, -0.1) is 0 Å². The van der Waals surface area contributed by atoms with E-state index in [1.54, 1.807) is 45.9 Å². The number of hydrogen-bond acceptors (Lipinski definition) is 6. The summed E-state index contributed by atoms with van der Waals surface area (Å²) in [5.74, 6) is -0.348. The first-order chi connectivity index (χ1) is 14.9. The Morgan fingerprint density at radius 2 is 1.97 bits per heavy atom. The van der Waals surface area contributed by atoms with Crippen LogP contribution in [0.3, 0.4) is 0 Å². The number of likely N-dealkylation sites (N-methyl/N-ethyl adjacent to an activating group) is 1. The largest absolute Gasteiger partial charge is 0.482 e. The van der Waals surface area contributed by atoms with Gasteiger partial charge in [-0.25, -0.2) is 4.79 Å². The van der Waals surface area contributed by atoms with Crippen LogP contribution in [0.4, 0.5) is 10.5 Å². The number of carbonyl (C=O) groups excluding carboxylic acids is 3. The van der Waals surface area contributed by atoms with Crippen molar-refractivity contribution in [2.24, 2.45) is 0 Å². The lowest BCUT2D eigenvalue weighted by molar-refractivity contribution is -0.138. The minimum atomic E-state index is -0.978. The summed E-state index contributed by atoms with van der Waals surface area (Å²) in [5, 5.41) is 5.68. The molecule has 0 aromatic heterocycles. The van der Waals surface area contributed by atoms with Gasteiger partial charge in [0, 0.05) is 24.4 Å². The van der Waals surface area contributed by atoms with Crippen LogP contribution in [0.1, 0.15) is 40.5 Å². The Balaban J connectivity index is 1.84. The molecule has 2 heterocycles. The van der Waals surface area contributed by atoms with Crippen molar-refractivity contribution in [1.29, 1.82) is 0 Å². The molecule has 2 atom stereocenters. The van der Waals surface area contributed by atoms with E-state index in [0.29, 0.717) is 37.5 Å². The molecule has 176 valence electrons. The highest BCUT2D eigenvalue weighted by molar-refractivity contribution is 9.10. The lowest BCUT2D eigenvalue weighted by Crippen LogP contribution is -2.64. The highest BCUT2D eigenvalue weighted by atomic mass is 79.9. The zero-order valence-electron chi connectivity index (χ0n) is 19.0. The van der Waals surface area contributed by atoms with Crippen molar-refractivity contribution in [3.05, 3.63) is 22.7 Å². The summed E-state index contributed by atoms with van der Waals surface area (Å²) < 4.78 is 18.0. The second-order valence-corrected chi connectivity index (χ2v) is 10.0. The Hall–Kier alpha value is -2.33. The van der Waals surface area contributed by atoms with Crippen LogP contribution in [-0.2, 0) is 19.1 Å². The third kappa shape index (κ3) is 5.35. The van der Waals surface area contributed by atoms with E-state index in [4.69, 9.17) is 14.2 Å². The van der Waals surface area contributed by atoms with Crippen LogP contribution in [0.5, 0.6) is 5.75 Å². The number of fused-ring (bicyclic) bond motifs is 1. The quantitative estimate of drug-likeness (QED) is 0.645. The molecule has 2 N–H and O–H groups in total. The number of hydrogen-bond donors (Lipinski definition) is 2. The first kappa shape index (κ1) is 24.3. The van der Waals surface area contributed by atoms with Crippen molar-refractivity contribution in [2.75, 3.05) is 25.6 Å². The predicted octanol–water partition coefficient (Wildman–Crippen LogP) is 3.07. The maximum Gasteiger partial charge on any atom is 0.410 e. The summed E-state index contributed by atoms with van der Waals surface area (Å²) in [4.78, 5) is 39.9. The first-order valence-electron chi connectivity index (χ1n) is 10.6. The molecule has 0 unspecified atom stereocenters. The summed E-state index contributed by atoms with van der Waals surface area (Å²) in [7, 11) is 1.49. The summed E-state index contributed by atoms with van der Waals surface area (Å²) in [5.41, 5.74) is -1.14. The van der Waals surface area contributed by atoms with Crippen LogP contribution in [0.2, 0.25) is 0 Å². The van der Waals surface area contributed by atoms with E-state index in [-0.39, 0.29) is 5.91 Å². The van der Waals surface area contributed by atoms with E-state index >= 15 is 0 Å². The molecule has 32 heavy (non-hydrogen) atoms. The molecular formula is C22H30BrN3O6. The van der Waals surface area contributed by atoms with Crippen LogP contribution in [-0.4, -0.2) is 66.4 Å². The van der Waals surface area contributed by atoms with Crippen molar-refractivity contribution < 1.29 is 28.6 Å². The van der Waals surface area contributed by atoms with Gasteiger partial charge in [0.1, 0.15) is 29.0 Å². The molecule has 1 aromatic carbocycles. The van der Waals surface area contributed by atoms with Crippen LogP contribution in [0, 0.1) is 0 Å². The molecule has 1 aromatic rings. The fraction of sp³-hybridized carbons (Fsp3) is 0.591. The molecule has 1 spiro atoms. The Bertz CT molecular complexity index is 894. The van der Waals surface area contributed by atoms with E-state index in [0.717, 1.165) is 4.47 Å². The van der Waals surface area contributed by atoms with Gasteiger partial charge in [0.2, 0.25) is 5.91 Å². The number of carbonyl (C=O) groups is 3. The number of ether oxygens (including phenoxy) is 3. The standard InChI is InChI=1S/C22H30BrN3O6/c1-13(26(5)20(29)32-21(2,3)4)18(27)25-17-19(28)24-15-7-6-14(23)12-16(15)31-22(17)8-10-30-11-9-22/h6-7,12-13,17H,8-11H2,1-5H3,(H,24,28)(H,25,27)/t13-,17+/m0/s1. The lowest BCUT2D eigenvalue weighted by atomic mass is 9.85. The third-order valence-electron chi connectivity index (χ3n) is 5.57. The first-order valence-corrected chi connectivity index (χ1v) is 11.3. The molecule has 2 aliphatic heterocycles. The van der Waals surface area contributed by atoms with Gasteiger partial charge >= 0.3 is 6.09 Å². The number of halogens is 1. The van der Waals surface area contributed by atoms with Gasteiger partial charge in [0.15, 0.2) is 0 Å². The van der Waals surface area contributed by atoms with Gasteiger partial charge in [-0.05, 0) is 45.9 Å². The SMILES string of the molecule is C[C@@H](C(=O)N[C@@H]1C(=O)Nc2ccc(Br)cc2OC12CCOCC2)N(C)C(=O)OC(C)(C)C. The summed E-state index contributed by atoms with van der Waals surface area (Å²) >= 11 is 3.43. The van der Waals surface area contributed by atoms with E-state index in [1.807, 2.05) is 0 Å². The number of benzene rings is 1. The van der Waals surface area contributed by atoms with E-state index in [2.05, 4.69) is 26.6 Å². The summed E-state index contributed by atoms with van der Waals surface area (Å²) in [6.45, 7) is 7.63. The molecule has 3 amide bonds. The van der Waals surface area contributed by atoms with Gasteiger partial charge in [-0.3, -0.25) is 14.5 Å². The molecule has 10 heteroatoms. The molecule has 1 saturated heterocycles. The van der Waals surface area contributed by atoms with Crippen LogP contribution in [0.25, 0.3) is 0 Å². The number of nitrogens with one attached hydrogen (secondary N) is 2. The normalized spacial score (nSPS) is 20.8. The topological polar surface area (TPSA) is 106 Å². The second-order valence-electron chi connectivity index (χ2n) is 9.12. The molecular weight excluding hydrogens is 482 g/mol. The Morgan fingerprint density at radius 3 is 2.59 bits per heavy atom. The van der Waals surface area contributed by atoms with Crippen molar-refractivity contribution in [1.82, 2.24) is 10.2 Å². The predicted molar refractivity (Wildman–Crippen MR) is 122 cm³/mol. The molecule has 3 rings (SSSR count). The van der Waals surface area contributed by atoms with Gasteiger partial charge < -0.3 is 24.8 Å². The lowest BCUT2D eigenvalue weighted by Gasteiger charge is -2.41. The number of nitrogens with zero attached hydrogens (tertiary/aromatic N) is 1. The van der Waals surface area contributed by atoms with Crippen LogP contribution in [0.15, 0.2) is 22.7 Å². The monoisotopic (exact) mass is 511 g/mol. The summed E-state index contributed by atoms with van der Waals surface area (Å²) in [6, 6.07) is 3.49. The van der Waals surface area contributed by atoms with Crippen molar-refractivity contribution >= 4 is 39.5 Å². The average Bonchev–Trinajstić information content (AvgIpc) is 2.81. The summed E-state index contributed by atoms with van der Waals surface area (Å²) in [6.07, 6.45) is 0.223. The fourth-order valence-corrected chi connectivity index (χ4v) is 3.98. The minimum absolute atomic E-state index is 0.381. The molecule has 0 aliphatic carbocycles. The molecule has 2 aliphatic rings. The molecule has 9 nitrogen and oxygen atoms in total. The minimum Gasteiger partial charge on any atom is -0.482 e. The zero-order chi connectivity index (χ0) is 23.7. The highest BCUT2D eigenvalue weighted by Crippen LogP contribution is 2.39.